The minimum absolute atomic E-state index is 0.538. The molecule has 0 aliphatic carbocycles. The van der Waals surface area contributed by atoms with E-state index < -0.39 is 0 Å². The van der Waals surface area contributed by atoms with E-state index in [4.69, 9.17) is 22.1 Å². The van der Waals surface area contributed by atoms with Crippen LogP contribution in [0.4, 0.5) is 0 Å². The predicted molar refractivity (Wildman–Crippen MR) is 50.6 cm³/mol. The third-order valence-corrected chi connectivity index (χ3v) is 3.88. The number of rotatable bonds is 1. The van der Waals surface area contributed by atoms with Crippen LogP contribution in [0, 0.1) is 0 Å². The van der Waals surface area contributed by atoms with Gasteiger partial charge in [0.05, 0.1) is 18.2 Å². The Balaban J connectivity index is 2.44. The van der Waals surface area contributed by atoms with Crippen LogP contribution in [-0.4, -0.2) is 6.61 Å². The Hall–Kier alpha value is -0.0900. The number of nitrogens with two attached hydrogens (primary N) is 1. The molecule has 1 aromatic heterocycles. The maximum Gasteiger partial charge on any atom is 0.0742 e. The Morgan fingerprint density at radius 2 is 2.42 bits per heavy atom. The van der Waals surface area contributed by atoms with Crippen molar-refractivity contribution in [3.8, 4) is 0 Å². The highest BCUT2D eigenvalue weighted by molar-refractivity contribution is 7.12. The van der Waals surface area contributed by atoms with E-state index in [1.807, 2.05) is 0 Å². The van der Waals surface area contributed by atoms with Gasteiger partial charge in [0.1, 0.15) is 0 Å². The molecule has 0 spiro atoms. The van der Waals surface area contributed by atoms with Gasteiger partial charge in [0.2, 0.25) is 0 Å². The van der Waals surface area contributed by atoms with Crippen LogP contribution in [0.5, 0.6) is 0 Å². The van der Waals surface area contributed by atoms with Crippen LogP contribution >= 0.6 is 22.9 Å². The fraction of sp³-hybridized carbons (Fsp3) is 0.500. The molecule has 0 saturated carbocycles. The summed E-state index contributed by atoms with van der Waals surface area (Å²) in [6.45, 7) is 2.01. The van der Waals surface area contributed by atoms with Gasteiger partial charge < -0.3 is 10.5 Å². The summed E-state index contributed by atoms with van der Waals surface area (Å²) in [6.07, 6.45) is 0.986. The van der Waals surface area contributed by atoms with Crippen molar-refractivity contribution in [1.29, 1.82) is 0 Å². The number of halogens is 1. The molecule has 2 N–H and O–H groups in total. The monoisotopic (exact) mass is 203 g/mol. The molecule has 4 heteroatoms. The Morgan fingerprint density at radius 1 is 1.58 bits per heavy atom. The van der Waals surface area contributed by atoms with E-state index >= 15 is 0 Å². The Bertz CT molecular complexity index is 297. The second-order valence-corrected chi connectivity index (χ2v) is 4.32. The van der Waals surface area contributed by atoms with E-state index in [1.54, 1.807) is 11.3 Å². The molecule has 0 atom stereocenters. The SMILES string of the molecule is NCc1sc2c(c1Cl)COCC2. The van der Waals surface area contributed by atoms with Crippen molar-refractivity contribution in [3.05, 3.63) is 20.3 Å². The molecule has 1 aliphatic heterocycles. The van der Waals surface area contributed by atoms with Crippen LogP contribution in [0.3, 0.4) is 0 Å². The largest absolute Gasteiger partial charge is 0.376 e. The first-order valence-electron chi connectivity index (χ1n) is 3.89. The van der Waals surface area contributed by atoms with E-state index in [9.17, 15) is 0 Å². The normalized spacial score (nSPS) is 16.2. The lowest BCUT2D eigenvalue weighted by Crippen LogP contribution is -2.06. The molecule has 0 bridgehead atoms. The third kappa shape index (κ3) is 1.27. The van der Waals surface area contributed by atoms with E-state index in [2.05, 4.69) is 0 Å². The predicted octanol–water partition coefficient (Wildman–Crippen LogP) is 1.93. The van der Waals surface area contributed by atoms with E-state index in [0.717, 1.165) is 28.5 Å². The molecule has 1 aliphatic rings. The van der Waals surface area contributed by atoms with Gasteiger partial charge >= 0.3 is 0 Å². The molecular formula is C8H10ClNOS. The summed E-state index contributed by atoms with van der Waals surface area (Å²) < 4.78 is 5.32. The molecule has 2 heterocycles. The zero-order valence-electron chi connectivity index (χ0n) is 6.60. The molecule has 2 nitrogen and oxygen atoms in total. The van der Waals surface area contributed by atoms with Gasteiger partial charge in [0.15, 0.2) is 0 Å². The topological polar surface area (TPSA) is 35.2 Å². The molecule has 0 unspecified atom stereocenters. The lowest BCUT2D eigenvalue weighted by Gasteiger charge is -2.11. The summed E-state index contributed by atoms with van der Waals surface area (Å²) in [6, 6.07) is 0. The first-order chi connectivity index (χ1) is 5.83. The molecule has 1 aromatic rings. The highest BCUT2D eigenvalue weighted by atomic mass is 35.5. The van der Waals surface area contributed by atoms with Crippen molar-refractivity contribution in [3.63, 3.8) is 0 Å². The summed E-state index contributed by atoms with van der Waals surface area (Å²) in [5.74, 6) is 0. The van der Waals surface area contributed by atoms with Gasteiger partial charge in [-0.15, -0.1) is 11.3 Å². The second kappa shape index (κ2) is 3.34. The van der Waals surface area contributed by atoms with Gasteiger partial charge in [-0.1, -0.05) is 11.6 Å². The van der Waals surface area contributed by atoms with Gasteiger partial charge in [0.25, 0.3) is 0 Å². The highest BCUT2D eigenvalue weighted by Gasteiger charge is 2.18. The number of ether oxygens (including phenoxy) is 1. The molecule has 0 radical (unpaired) electrons. The van der Waals surface area contributed by atoms with Crippen molar-refractivity contribution < 1.29 is 4.74 Å². The second-order valence-electron chi connectivity index (χ2n) is 2.75. The summed E-state index contributed by atoms with van der Waals surface area (Å²) in [5.41, 5.74) is 6.71. The molecule has 12 heavy (non-hydrogen) atoms. The van der Waals surface area contributed by atoms with Crippen molar-refractivity contribution in [2.75, 3.05) is 6.61 Å². The maximum atomic E-state index is 6.09. The van der Waals surface area contributed by atoms with E-state index in [-0.39, 0.29) is 0 Å². The average molecular weight is 204 g/mol. The van der Waals surface area contributed by atoms with Crippen molar-refractivity contribution >= 4 is 22.9 Å². The summed E-state index contributed by atoms with van der Waals surface area (Å²) in [4.78, 5) is 2.44. The molecular weight excluding hydrogens is 194 g/mol. The standard InChI is InChI=1S/C8H10ClNOS/c9-8-5-4-11-2-1-6(5)12-7(8)3-10/h1-4,10H2. The van der Waals surface area contributed by atoms with Crippen molar-refractivity contribution in [1.82, 2.24) is 0 Å². The smallest absolute Gasteiger partial charge is 0.0742 e. The maximum absolute atomic E-state index is 6.09. The minimum Gasteiger partial charge on any atom is -0.376 e. The van der Waals surface area contributed by atoms with Crippen LogP contribution in [0.1, 0.15) is 15.3 Å². The van der Waals surface area contributed by atoms with E-state index in [0.29, 0.717) is 13.2 Å². The van der Waals surface area contributed by atoms with Crippen LogP contribution in [0.25, 0.3) is 0 Å². The Morgan fingerprint density at radius 3 is 3.08 bits per heavy atom. The van der Waals surface area contributed by atoms with Crippen LogP contribution in [-0.2, 0) is 24.3 Å². The summed E-state index contributed by atoms with van der Waals surface area (Å²) in [5, 5.41) is 0.831. The fourth-order valence-corrected chi connectivity index (χ4v) is 2.84. The highest BCUT2D eigenvalue weighted by Crippen LogP contribution is 2.35. The number of hydrogen-bond donors (Lipinski definition) is 1. The number of fused-ring (bicyclic) bond motifs is 1. The van der Waals surface area contributed by atoms with Gasteiger partial charge in [-0.2, -0.15) is 0 Å². The summed E-state index contributed by atoms with van der Waals surface area (Å²) >= 11 is 7.82. The summed E-state index contributed by atoms with van der Waals surface area (Å²) in [7, 11) is 0. The fourth-order valence-electron chi connectivity index (χ4n) is 1.36. The van der Waals surface area contributed by atoms with Crippen molar-refractivity contribution in [2.24, 2.45) is 5.73 Å². The number of thiophene rings is 1. The Kier molecular flexibility index (Phi) is 2.37. The molecule has 66 valence electrons. The Labute approximate surface area is 80.3 Å². The molecule has 2 rings (SSSR count). The van der Waals surface area contributed by atoms with Crippen LogP contribution in [0.15, 0.2) is 0 Å². The van der Waals surface area contributed by atoms with Crippen LogP contribution in [0.2, 0.25) is 5.02 Å². The van der Waals surface area contributed by atoms with Gasteiger partial charge in [-0.05, 0) is 0 Å². The minimum atomic E-state index is 0.538. The quantitative estimate of drug-likeness (QED) is 0.757. The zero-order valence-corrected chi connectivity index (χ0v) is 8.17. The van der Waals surface area contributed by atoms with Gasteiger partial charge in [0, 0.05) is 28.3 Å². The zero-order chi connectivity index (χ0) is 8.55. The van der Waals surface area contributed by atoms with Gasteiger partial charge in [-0.25, -0.2) is 0 Å². The lowest BCUT2D eigenvalue weighted by atomic mass is 10.2. The third-order valence-electron chi connectivity index (χ3n) is 2.00. The molecule has 0 fully saturated rings. The lowest BCUT2D eigenvalue weighted by molar-refractivity contribution is 0.112. The van der Waals surface area contributed by atoms with Crippen molar-refractivity contribution in [2.45, 2.75) is 19.6 Å². The first kappa shape index (κ1) is 8.51. The first-order valence-corrected chi connectivity index (χ1v) is 5.09. The average Bonchev–Trinajstić information content (AvgIpc) is 2.44. The molecule has 0 saturated heterocycles. The van der Waals surface area contributed by atoms with Gasteiger partial charge in [-0.3, -0.25) is 0 Å². The van der Waals surface area contributed by atoms with Crippen LogP contribution < -0.4 is 5.73 Å². The molecule has 0 aromatic carbocycles. The van der Waals surface area contributed by atoms with E-state index in [1.165, 1.54) is 4.88 Å². The molecule has 0 amide bonds. The number of hydrogen-bond acceptors (Lipinski definition) is 3.